The van der Waals surface area contributed by atoms with Crippen LogP contribution in [-0.4, -0.2) is 11.7 Å². The number of rotatable bonds is 3. The lowest BCUT2D eigenvalue weighted by Crippen LogP contribution is -2.37. The minimum Gasteiger partial charge on any atom is -0.489 e. The fourth-order valence-electron chi connectivity index (χ4n) is 2.89. The van der Waals surface area contributed by atoms with Gasteiger partial charge in [-0.3, -0.25) is 0 Å². The van der Waals surface area contributed by atoms with Crippen LogP contribution in [-0.2, 0) is 11.3 Å². The van der Waals surface area contributed by atoms with E-state index in [2.05, 4.69) is 26.0 Å². The summed E-state index contributed by atoms with van der Waals surface area (Å²) in [4.78, 5) is 0. The first-order valence-electron chi connectivity index (χ1n) is 7.29. The van der Waals surface area contributed by atoms with Crippen molar-refractivity contribution in [2.75, 3.05) is 0 Å². The van der Waals surface area contributed by atoms with Crippen LogP contribution >= 0.6 is 0 Å². The summed E-state index contributed by atoms with van der Waals surface area (Å²) in [6.07, 6.45) is 0.318. The molecule has 1 fully saturated rings. The Morgan fingerprint density at radius 1 is 1.10 bits per heavy atom. The van der Waals surface area contributed by atoms with Gasteiger partial charge in [-0.2, -0.15) is 0 Å². The predicted molar refractivity (Wildman–Crippen MR) is 79.5 cm³/mol. The van der Waals surface area contributed by atoms with Gasteiger partial charge < -0.3 is 14.2 Å². The van der Waals surface area contributed by atoms with Crippen molar-refractivity contribution in [2.24, 2.45) is 0 Å². The fourth-order valence-corrected chi connectivity index (χ4v) is 2.89. The maximum atomic E-state index is 6.01. The van der Waals surface area contributed by atoms with Gasteiger partial charge in [0.2, 0.25) is 0 Å². The minimum atomic E-state index is -0.246. The first kappa shape index (κ1) is 12.7. The van der Waals surface area contributed by atoms with Crippen molar-refractivity contribution in [2.45, 2.75) is 38.3 Å². The average molecular weight is 282 g/mol. The van der Waals surface area contributed by atoms with Crippen molar-refractivity contribution in [3.05, 3.63) is 59.7 Å². The van der Waals surface area contributed by atoms with E-state index in [0.717, 1.165) is 22.6 Å². The standard InChI is InChI=1S/C18H18O3/c1-18(2)17-16(20-17)14-10-13(8-9-15(14)21-18)19-11-12-6-4-3-5-7-12/h3-10,16-17H,11H2,1-2H3/t16-,17+/m1/s1. The van der Waals surface area contributed by atoms with Gasteiger partial charge in [0.05, 0.1) is 0 Å². The summed E-state index contributed by atoms with van der Waals surface area (Å²) in [5.74, 6) is 1.76. The lowest BCUT2D eigenvalue weighted by Gasteiger charge is -2.29. The van der Waals surface area contributed by atoms with Crippen LogP contribution in [0.1, 0.15) is 31.1 Å². The molecule has 0 N–H and O–H groups in total. The minimum absolute atomic E-state index is 0.157. The van der Waals surface area contributed by atoms with Gasteiger partial charge in [-0.05, 0) is 37.6 Å². The molecule has 0 aliphatic carbocycles. The molecule has 2 atom stereocenters. The monoisotopic (exact) mass is 282 g/mol. The van der Waals surface area contributed by atoms with Crippen LogP contribution in [0.25, 0.3) is 0 Å². The maximum absolute atomic E-state index is 6.01. The molecule has 0 bridgehead atoms. The molecule has 3 heteroatoms. The van der Waals surface area contributed by atoms with Crippen LogP contribution in [0.4, 0.5) is 0 Å². The largest absolute Gasteiger partial charge is 0.489 e. The van der Waals surface area contributed by atoms with Gasteiger partial charge in [0, 0.05) is 5.56 Å². The molecule has 0 spiro atoms. The van der Waals surface area contributed by atoms with Crippen LogP contribution in [0.5, 0.6) is 11.5 Å². The Balaban J connectivity index is 1.53. The Hall–Kier alpha value is -2.00. The Kier molecular flexibility index (Phi) is 2.73. The molecule has 2 aromatic rings. The first-order chi connectivity index (χ1) is 10.1. The third-order valence-electron chi connectivity index (χ3n) is 4.09. The van der Waals surface area contributed by atoms with E-state index in [1.54, 1.807) is 0 Å². The second-order valence-corrected chi connectivity index (χ2v) is 6.16. The normalized spacial score (nSPS) is 24.5. The second-order valence-electron chi connectivity index (χ2n) is 6.16. The smallest absolute Gasteiger partial charge is 0.132 e. The molecule has 0 unspecified atom stereocenters. The third-order valence-corrected chi connectivity index (χ3v) is 4.09. The van der Waals surface area contributed by atoms with Gasteiger partial charge in [0.25, 0.3) is 0 Å². The zero-order valence-corrected chi connectivity index (χ0v) is 12.2. The Labute approximate surface area is 124 Å². The Morgan fingerprint density at radius 3 is 2.71 bits per heavy atom. The number of fused-ring (bicyclic) bond motifs is 3. The third kappa shape index (κ3) is 2.28. The fraction of sp³-hybridized carbons (Fsp3) is 0.333. The van der Waals surface area contributed by atoms with E-state index >= 15 is 0 Å². The van der Waals surface area contributed by atoms with Crippen molar-refractivity contribution in [3.8, 4) is 11.5 Å². The topological polar surface area (TPSA) is 31.0 Å². The van der Waals surface area contributed by atoms with Crippen LogP contribution in [0, 0.1) is 0 Å². The van der Waals surface area contributed by atoms with E-state index < -0.39 is 0 Å². The number of ether oxygens (including phenoxy) is 3. The highest BCUT2D eigenvalue weighted by molar-refractivity contribution is 5.46. The molecule has 3 nitrogen and oxygen atoms in total. The molecule has 0 radical (unpaired) electrons. The SMILES string of the molecule is CC1(C)Oc2ccc(OCc3ccccc3)cc2[C@H]2O[C@@H]21. The number of epoxide rings is 1. The number of hydrogen-bond acceptors (Lipinski definition) is 3. The zero-order valence-electron chi connectivity index (χ0n) is 12.2. The van der Waals surface area contributed by atoms with Gasteiger partial charge >= 0.3 is 0 Å². The summed E-state index contributed by atoms with van der Waals surface area (Å²) in [6, 6.07) is 16.1. The summed E-state index contributed by atoms with van der Waals surface area (Å²) >= 11 is 0. The Morgan fingerprint density at radius 2 is 1.90 bits per heavy atom. The first-order valence-corrected chi connectivity index (χ1v) is 7.29. The highest BCUT2D eigenvalue weighted by atomic mass is 16.6. The van der Waals surface area contributed by atoms with Crippen molar-refractivity contribution in [3.63, 3.8) is 0 Å². The summed E-state index contributed by atoms with van der Waals surface area (Å²) in [5.41, 5.74) is 2.02. The highest BCUT2D eigenvalue weighted by Gasteiger charge is 2.56. The molecule has 2 heterocycles. The molecular weight excluding hydrogens is 264 g/mol. The van der Waals surface area contributed by atoms with Gasteiger partial charge in [0.1, 0.15) is 35.9 Å². The molecule has 2 aliphatic heterocycles. The summed E-state index contributed by atoms with van der Waals surface area (Å²) in [7, 11) is 0. The summed E-state index contributed by atoms with van der Waals surface area (Å²) in [5, 5.41) is 0. The van der Waals surface area contributed by atoms with Gasteiger partial charge in [-0.1, -0.05) is 30.3 Å². The molecule has 21 heavy (non-hydrogen) atoms. The van der Waals surface area contributed by atoms with Gasteiger partial charge in [-0.15, -0.1) is 0 Å². The van der Waals surface area contributed by atoms with Crippen LogP contribution < -0.4 is 9.47 Å². The zero-order chi connectivity index (χ0) is 14.4. The predicted octanol–water partition coefficient (Wildman–Crippen LogP) is 3.88. The lowest BCUT2D eigenvalue weighted by atomic mass is 9.94. The van der Waals surface area contributed by atoms with Gasteiger partial charge in [-0.25, -0.2) is 0 Å². The van der Waals surface area contributed by atoms with E-state index in [9.17, 15) is 0 Å². The average Bonchev–Trinajstić information content (AvgIpc) is 3.28. The molecule has 0 aromatic heterocycles. The van der Waals surface area contributed by atoms with E-state index in [4.69, 9.17) is 14.2 Å². The van der Waals surface area contributed by atoms with Crippen molar-refractivity contribution in [1.29, 1.82) is 0 Å². The Bertz CT molecular complexity index is 663. The maximum Gasteiger partial charge on any atom is 0.132 e. The number of benzene rings is 2. The van der Waals surface area contributed by atoms with E-state index in [1.165, 1.54) is 0 Å². The molecule has 0 saturated carbocycles. The van der Waals surface area contributed by atoms with E-state index in [0.29, 0.717) is 6.61 Å². The van der Waals surface area contributed by atoms with Crippen molar-refractivity contribution < 1.29 is 14.2 Å². The van der Waals surface area contributed by atoms with Crippen molar-refractivity contribution >= 4 is 0 Å². The van der Waals surface area contributed by atoms with Crippen LogP contribution in [0.2, 0.25) is 0 Å². The van der Waals surface area contributed by atoms with Crippen LogP contribution in [0.3, 0.4) is 0 Å². The molecular formula is C18H18O3. The molecule has 2 aliphatic rings. The highest BCUT2D eigenvalue weighted by Crippen LogP contribution is 2.54. The molecule has 4 rings (SSSR count). The quantitative estimate of drug-likeness (QED) is 0.801. The second kappa shape index (κ2) is 4.50. The molecule has 1 saturated heterocycles. The number of hydrogen-bond donors (Lipinski definition) is 0. The van der Waals surface area contributed by atoms with Crippen molar-refractivity contribution in [1.82, 2.24) is 0 Å². The van der Waals surface area contributed by atoms with E-state index in [-0.39, 0.29) is 17.8 Å². The molecule has 2 aromatic carbocycles. The van der Waals surface area contributed by atoms with Gasteiger partial charge in [0.15, 0.2) is 0 Å². The summed E-state index contributed by atoms with van der Waals surface area (Å²) < 4.78 is 17.6. The van der Waals surface area contributed by atoms with E-state index in [1.807, 2.05) is 36.4 Å². The lowest BCUT2D eigenvalue weighted by molar-refractivity contribution is 0.0724. The molecule has 0 amide bonds. The summed E-state index contributed by atoms with van der Waals surface area (Å²) in [6.45, 7) is 4.71. The molecule has 108 valence electrons. The van der Waals surface area contributed by atoms with Crippen LogP contribution in [0.15, 0.2) is 48.5 Å².